The Morgan fingerprint density at radius 1 is 0.898 bits per heavy atom. The molecule has 3 fully saturated rings. The first kappa shape index (κ1) is 43.0. The molecule has 3 N–H and O–H groups in total. The maximum atomic E-state index is 13.7. The van der Waals surface area contributed by atoms with Crippen LogP contribution in [0.1, 0.15) is 51.9 Å². The zero-order valence-corrected chi connectivity index (χ0v) is 33.8. The molecule has 4 heterocycles. The third-order valence-corrected chi connectivity index (χ3v) is 10.6. The number of alkyl carbamates (subject to hydrolysis) is 1. The number of anilines is 1. The first-order valence-electron chi connectivity index (χ1n) is 19.5. The van der Waals surface area contributed by atoms with Crippen molar-refractivity contribution >= 4 is 29.8 Å². The average Bonchev–Trinajstić information content (AvgIpc) is 3.87. The van der Waals surface area contributed by atoms with Crippen LogP contribution < -0.4 is 15.4 Å². The molecule has 0 spiro atoms. The summed E-state index contributed by atoms with van der Waals surface area (Å²) in [4.78, 5) is 65.2. The molecule has 1 unspecified atom stereocenters. The highest BCUT2D eigenvalue weighted by molar-refractivity contribution is 5.90. The minimum atomic E-state index is -4.99. The number of aromatic nitrogens is 2. The number of urea groups is 1. The standard InChI is InChI=1S/C40H51F3N8O8/c1-39(2,3)59-38(55)50-18-16-48(17-19-50)28-12-14-49(15-13-28)36(53)46-27-10-11-30(33(20-27)58-40(41,42)43)25-6-8-26(9-7-25)31-22-44-35(47-31)32-21-29(56-4)24-51(32)34(52)23-45-37(54)57-5/h6-11,20,22,28-29,32H,12-19,21,23-24H2,1-5H3,(H,44,47)(H,45,54)(H,46,53)/t29-,32?/m0/s1. The van der Waals surface area contributed by atoms with Gasteiger partial charge in [0.2, 0.25) is 5.91 Å². The molecule has 3 aromatic rings. The van der Waals surface area contributed by atoms with Crippen molar-refractivity contribution in [2.45, 2.75) is 70.2 Å². The Kier molecular flexibility index (Phi) is 13.2. The molecule has 0 saturated carbocycles. The molecule has 3 aliphatic heterocycles. The molecule has 5 amide bonds. The van der Waals surface area contributed by atoms with Gasteiger partial charge in [0, 0.05) is 82.7 Å². The number of benzene rings is 2. The van der Waals surface area contributed by atoms with Crippen molar-refractivity contribution in [3.63, 3.8) is 0 Å². The number of imidazole rings is 1. The van der Waals surface area contributed by atoms with Crippen molar-refractivity contribution < 1.29 is 51.3 Å². The van der Waals surface area contributed by atoms with Crippen LogP contribution in [0.5, 0.6) is 5.75 Å². The predicted octanol–water partition coefficient (Wildman–Crippen LogP) is 5.84. The summed E-state index contributed by atoms with van der Waals surface area (Å²) >= 11 is 0. The number of rotatable bonds is 9. The van der Waals surface area contributed by atoms with Gasteiger partial charge < -0.3 is 49.3 Å². The highest BCUT2D eigenvalue weighted by Crippen LogP contribution is 2.38. The van der Waals surface area contributed by atoms with E-state index in [0.717, 1.165) is 18.9 Å². The molecule has 320 valence electrons. The van der Waals surface area contributed by atoms with Crippen LogP contribution in [0.4, 0.5) is 33.2 Å². The van der Waals surface area contributed by atoms with Crippen molar-refractivity contribution in [3.05, 3.63) is 54.5 Å². The smallest absolute Gasteiger partial charge is 0.453 e. The van der Waals surface area contributed by atoms with Crippen LogP contribution in [0.15, 0.2) is 48.7 Å². The van der Waals surface area contributed by atoms with E-state index in [9.17, 15) is 32.3 Å². The van der Waals surface area contributed by atoms with Gasteiger partial charge in [-0.15, -0.1) is 13.2 Å². The summed E-state index contributed by atoms with van der Waals surface area (Å²) in [6.45, 7) is 9.01. The number of piperidine rings is 1. The van der Waals surface area contributed by atoms with Crippen LogP contribution in [0.2, 0.25) is 0 Å². The number of aromatic amines is 1. The Morgan fingerprint density at radius 3 is 2.20 bits per heavy atom. The van der Waals surface area contributed by atoms with Gasteiger partial charge in [-0.25, -0.2) is 19.4 Å². The molecule has 0 aliphatic carbocycles. The number of carbonyl (C=O) groups is 4. The second kappa shape index (κ2) is 18.1. The van der Waals surface area contributed by atoms with Gasteiger partial charge in [0.05, 0.1) is 31.1 Å². The van der Waals surface area contributed by atoms with Crippen molar-refractivity contribution in [2.75, 3.05) is 71.9 Å². The van der Waals surface area contributed by atoms with E-state index in [1.54, 1.807) is 52.3 Å². The van der Waals surface area contributed by atoms with Gasteiger partial charge in [-0.05, 0) is 56.9 Å². The van der Waals surface area contributed by atoms with Gasteiger partial charge in [0.15, 0.2) is 0 Å². The van der Waals surface area contributed by atoms with Gasteiger partial charge in [0.1, 0.15) is 23.7 Å². The quantitative estimate of drug-likeness (QED) is 0.238. The number of carbonyl (C=O) groups excluding carboxylic acids is 4. The third kappa shape index (κ3) is 11.1. The highest BCUT2D eigenvalue weighted by atomic mass is 19.4. The lowest BCUT2D eigenvalue weighted by Gasteiger charge is -2.42. The maximum Gasteiger partial charge on any atom is 0.573 e. The van der Waals surface area contributed by atoms with E-state index < -0.39 is 35.9 Å². The highest BCUT2D eigenvalue weighted by Gasteiger charge is 2.38. The number of amides is 5. The van der Waals surface area contributed by atoms with Gasteiger partial charge in [-0.2, -0.15) is 0 Å². The molecule has 16 nitrogen and oxygen atoms in total. The number of nitrogens with zero attached hydrogens (tertiary/aromatic N) is 5. The lowest BCUT2D eigenvalue weighted by atomic mass is 10.0. The summed E-state index contributed by atoms with van der Waals surface area (Å²) in [5.74, 6) is -0.306. The second-order valence-corrected chi connectivity index (χ2v) is 15.7. The summed E-state index contributed by atoms with van der Waals surface area (Å²) < 4.78 is 61.0. The normalized spacial score (nSPS) is 19.4. The molecule has 3 saturated heterocycles. The Morgan fingerprint density at radius 2 is 1.58 bits per heavy atom. The number of ether oxygens (including phenoxy) is 4. The van der Waals surface area contributed by atoms with Gasteiger partial charge in [-0.1, -0.05) is 24.3 Å². The molecule has 0 bridgehead atoms. The zero-order chi connectivity index (χ0) is 42.5. The Labute approximate surface area is 340 Å². The second-order valence-electron chi connectivity index (χ2n) is 15.7. The van der Waals surface area contributed by atoms with Crippen LogP contribution in [0.25, 0.3) is 22.4 Å². The van der Waals surface area contributed by atoms with Crippen LogP contribution in [-0.2, 0) is 19.0 Å². The first-order valence-corrected chi connectivity index (χ1v) is 19.5. The average molecular weight is 829 g/mol. The number of likely N-dealkylation sites (tertiary alicyclic amines) is 2. The fourth-order valence-corrected chi connectivity index (χ4v) is 7.59. The van der Waals surface area contributed by atoms with Gasteiger partial charge in [0.25, 0.3) is 0 Å². The van der Waals surface area contributed by atoms with Crippen LogP contribution >= 0.6 is 0 Å². The number of alkyl halides is 3. The monoisotopic (exact) mass is 828 g/mol. The summed E-state index contributed by atoms with van der Waals surface area (Å²) in [5, 5.41) is 5.13. The van der Waals surface area contributed by atoms with Gasteiger partial charge >= 0.3 is 24.6 Å². The molecule has 3 aliphatic rings. The lowest BCUT2D eigenvalue weighted by molar-refractivity contribution is -0.274. The summed E-state index contributed by atoms with van der Waals surface area (Å²) in [6, 6.07) is 10.3. The molecule has 1 aromatic heterocycles. The largest absolute Gasteiger partial charge is 0.573 e. The molecule has 59 heavy (non-hydrogen) atoms. The molecule has 6 rings (SSSR count). The van der Waals surface area contributed by atoms with Gasteiger partial charge in [-0.3, -0.25) is 9.69 Å². The number of piperazine rings is 1. The van der Waals surface area contributed by atoms with Crippen LogP contribution in [-0.4, -0.2) is 144 Å². The summed E-state index contributed by atoms with van der Waals surface area (Å²) in [7, 11) is 2.76. The number of hydrogen-bond donors (Lipinski definition) is 3. The Hall–Kier alpha value is -5.56. The fourth-order valence-electron chi connectivity index (χ4n) is 7.59. The molecule has 2 atom stereocenters. The summed E-state index contributed by atoms with van der Waals surface area (Å²) in [5.41, 5.74) is 1.49. The SMILES string of the molecule is COC(=O)NCC(=O)N1C[C@@H](OC)CC1c1ncc(-c2ccc(-c3ccc(NC(=O)N4CCC(N5CCN(C(=O)OC(C)(C)C)CC5)CC4)cc3OC(F)(F)F)cc2)[nH]1. The lowest BCUT2D eigenvalue weighted by Crippen LogP contribution is -2.55. The number of nitrogens with one attached hydrogen (secondary N) is 3. The minimum Gasteiger partial charge on any atom is -0.453 e. The number of methoxy groups -OCH3 is 2. The van der Waals surface area contributed by atoms with Crippen molar-refractivity contribution in [1.29, 1.82) is 0 Å². The topological polar surface area (TPSA) is 171 Å². The van der Waals surface area contributed by atoms with Crippen molar-refractivity contribution in [1.82, 2.24) is 34.9 Å². The Balaban J connectivity index is 1.07. The van der Waals surface area contributed by atoms with Crippen molar-refractivity contribution in [3.8, 4) is 28.1 Å². The zero-order valence-electron chi connectivity index (χ0n) is 33.8. The van der Waals surface area contributed by atoms with Crippen LogP contribution in [0, 0.1) is 0 Å². The maximum absolute atomic E-state index is 13.7. The molecule has 0 radical (unpaired) electrons. The third-order valence-electron chi connectivity index (χ3n) is 10.6. The number of hydrogen-bond acceptors (Lipinski definition) is 10. The van der Waals surface area contributed by atoms with E-state index in [0.29, 0.717) is 74.9 Å². The first-order chi connectivity index (χ1) is 28.0. The van der Waals surface area contributed by atoms with E-state index in [2.05, 4.69) is 35.0 Å². The fraction of sp³-hybridized carbons (Fsp3) is 0.525. The van der Waals surface area contributed by atoms with E-state index in [1.165, 1.54) is 19.2 Å². The predicted molar refractivity (Wildman–Crippen MR) is 209 cm³/mol. The molecular formula is C40H51F3N8O8. The molecule has 19 heteroatoms. The molecule has 2 aromatic carbocycles. The van der Waals surface area contributed by atoms with E-state index in [-0.39, 0.29) is 41.9 Å². The minimum absolute atomic E-state index is 0.149. The number of H-pyrrole nitrogens is 1. The van der Waals surface area contributed by atoms with E-state index in [1.807, 2.05) is 20.8 Å². The number of halogens is 3. The van der Waals surface area contributed by atoms with Crippen LogP contribution in [0.3, 0.4) is 0 Å². The Bertz CT molecular complexity index is 1950. The summed E-state index contributed by atoms with van der Waals surface area (Å²) in [6.07, 6.45) is -2.76. The van der Waals surface area contributed by atoms with E-state index >= 15 is 0 Å². The molecular weight excluding hydrogens is 777 g/mol. The van der Waals surface area contributed by atoms with E-state index in [4.69, 9.17) is 9.47 Å². The van der Waals surface area contributed by atoms with Crippen molar-refractivity contribution in [2.24, 2.45) is 0 Å².